The summed E-state index contributed by atoms with van der Waals surface area (Å²) in [6.07, 6.45) is 2.32. The first-order valence-corrected chi connectivity index (χ1v) is 6.13. The summed E-state index contributed by atoms with van der Waals surface area (Å²) in [5.41, 5.74) is 1.10. The molecule has 0 aliphatic rings. The molecule has 0 fully saturated rings. The highest BCUT2D eigenvalue weighted by Gasteiger charge is 2.19. The van der Waals surface area contributed by atoms with Gasteiger partial charge in [-0.1, -0.05) is 31.7 Å². The van der Waals surface area contributed by atoms with E-state index in [1.807, 2.05) is 5.38 Å². The van der Waals surface area contributed by atoms with Gasteiger partial charge in [0.25, 0.3) is 0 Å². The molecule has 80 valence electrons. The van der Waals surface area contributed by atoms with Crippen molar-refractivity contribution in [2.75, 3.05) is 6.54 Å². The van der Waals surface area contributed by atoms with Crippen LogP contribution in [0.25, 0.3) is 0 Å². The van der Waals surface area contributed by atoms with Crippen molar-refractivity contribution in [2.24, 2.45) is 5.92 Å². The maximum absolute atomic E-state index is 4.14. The molecule has 0 aliphatic carbocycles. The van der Waals surface area contributed by atoms with Crippen LogP contribution in [0, 0.1) is 5.92 Å². The minimum absolute atomic E-state index is 0.374. The Kier molecular flexibility index (Phi) is 5.04. The lowest BCUT2D eigenvalue weighted by molar-refractivity contribution is 0.370. The van der Waals surface area contributed by atoms with E-state index < -0.39 is 0 Å². The normalized spacial score (nSPS) is 15.4. The zero-order chi connectivity index (χ0) is 10.4. The van der Waals surface area contributed by atoms with Crippen LogP contribution in [0.2, 0.25) is 0 Å². The molecule has 4 heteroatoms. The van der Waals surface area contributed by atoms with Gasteiger partial charge < -0.3 is 5.32 Å². The molecule has 0 aromatic carbocycles. The van der Waals surface area contributed by atoms with Gasteiger partial charge in [0.15, 0.2) is 0 Å². The number of nitrogens with one attached hydrogen (secondary N) is 1. The summed E-state index contributed by atoms with van der Waals surface area (Å²) in [7, 11) is 0. The van der Waals surface area contributed by atoms with E-state index in [4.69, 9.17) is 0 Å². The molecule has 3 nitrogen and oxygen atoms in total. The van der Waals surface area contributed by atoms with Crippen molar-refractivity contribution in [3.63, 3.8) is 0 Å². The van der Waals surface area contributed by atoms with E-state index in [0.717, 1.165) is 18.7 Å². The number of aromatic nitrogens is 2. The molecule has 1 aromatic rings. The molecule has 0 saturated carbocycles. The van der Waals surface area contributed by atoms with E-state index in [1.165, 1.54) is 18.0 Å². The second kappa shape index (κ2) is 6.09. The summed E-state index contributed by atoms with van der Waals surface area (Å²) in [6.45, 7) is 7.70. The first-order chi connectivity index (χ1) is 6.79. The summed E-state index contributed by atoms with van der Waals surface area (Å²) < 4.78 is 3.92. The average molecular weight is 213 g/mol. The molecular weight excluding hydrogens is 194 g/mol. The monoisotopic (exact) mass is 213 g/mol. The van der Waals surface area contributed by atoms with E-state index >= 15 is 0 Å². The Morgan fingerprint density at radius 3 is 2.79 bits per heavy atom. The quantitative estimate of drug-likeness (QED) is 0.789. The minimum Gasteiger partial charge on any atom is -0.308 e. The van der Waals surface area contributed by atoms with Gasteiger partial charge in [-0.3, -0.25) is 0 Å². The summed E-state index contributed by atoms with van der Waals surface area (Å²) in [6, 6.07) is 0.374. The Balaban J connectivity index is 2.62. The summed E-state index contributed by atoms with van der Waals surface area (Å²) in [5, 5.41) is 9.71. The lowest BCUT2D eigenvalue weighted by atomic mass is 9.97. The van der Waals surface area contributed by atoms with Gasteiger partial charge in [0, 0.05) is 5.38 Å². The first-order valence-electron chi connectivity index (χ1n) is 5.29. The third-order valence-electron chi connectivity index (χ3n) is 2.52. The molecule has 1 N–H and O–H groups in total. The summed E-state index contributed by atoms with van der Waals surface area (Å²) in [5.74, 6) is 0.616. The van der Waals surface area contributed by atoms with Crippen molar-refractivity contribution in [1.82, 2.24) is 14.9 Å². The third-order valence-corrected chi connectivity index (χ3v) is 3.05. The third kappa shape index (κ3) is 3.03. The van der Waals surface area contributed by atoms with Gasteiger partial charge in [0.2, 0.25) is 0 Å². The largest absolute Gasteiger partial charge is 0.308 e. The number of nitrogens with zero attached hydrogens (tertiary/aromatic N) is 2. The van der Waals surface area contributed by atoms with Crippen molar-refractivity contribution in [3.8, 4) is 0 Å². The highest BCUT2D eigenvalue weighted by Crippen LogP contribution is 2.23. The van der Waals surface area contributed by atoms with E-state index in [1.54, 1.807) is 0 Å². The van der Waals surface area contributed by atoms with Crippen LogP contribution in [0.1, 0.15) is 45.3 Å². The standard InChI is InChI=1S/C10H19N3S/c1-4-6-11-10(8(3)5-2)9-7-14-13-12-9/h7-8,10-11H,4-6H2,1-3H3. The van der Waals surface area contributed by atoms with Gasteiger partial charge in [0.1, 0.15) is 0 Å². The maximum Gasteiger partial charge on any atom is 0.0927 e. The molecule has 2 unspecified atom stereocenters. The Morgan fingerprint density at radius 2 is 2.29 bits per heavy atom. The van der Waals surface area contributed by atoms with Crippen LogP contribution in [0.3, 0.4) is 0 Å². The van der Waals surface area contributed by atoms with Crippen LogP contribution in [-0.2, 0) is 0 Å². The highest BCUT2D eigenvalue weighted by atomic mass is 32.1. The minimum atomic E-state index is 0.374. The van der Waals surface area contributed by atoms with E-state index in [-0.39, 0.29) is 0 Å². The predicted octanol–water partition coefficient (Wildman–Crippen LogP) is 2.62. The lowest BCUT2D eigenvalue weighted by Crippen LogP contribution is -2.27. The smallest absolute Gasteiger partial charge is 0.0927 e. The molecule has 0 aliphatic heterocycles. The second-order valence-electron chi connectivity index (χ2n) is 3.65. The fourth-order valence-electron chi connectivity index (χ4n) is 1.44. The Bertz CT molecular complexity index is 236. The van der Waals surface area contributed by atoms with Crippen LogP contribution in [0.5, 0.6) is 0 Å². The maximum atomic E-state index is 4.14. The fraction of sp³-hybridized carbons (Fsp3) is 0.800. The molecule has 0 saturated heterocycles. The number of rotatable bonds is 6. The molecule has 1 heterocycles. The SMILES string of the molecule is CCCNC(c1csnn1)C(C)CC. The fourth-order valence-corrected chi connectivity index (χ4v) is 1.93. The van der Waals surface area contributed by atoms with Gasteiger partial charge in [-0.05, 0) is 30.4 Å². The van der Waals surface area contributed by atoms with Crippen LogP contribution in [0.4, 0.5) is 0 Å². The molecule has 2 atom stereocenters. The van der Waals surface area contributed by atoms with Crippen molar-refractivity contribution in [1.29, 1.82) is 0 Å². The average Bonchev–Trinajstić information content (AvgIpc) is 2.71. The van der Waals surface area contributed by atoms with Crippen LogP contribution in [-0.4, -0.2) is 16.1 Å². The molecule has 0 amide bonds. The molecule has 0 radical (unpaired) electrons. The molecule has 14 heavy (non-hydrogen) atoms. The van der Waals surface area contributed by atoms with Gasteiger partial charge in [-0.15, -0.1) is 5.10 Å². The molecule has 0 bridgehead atoms. The van der Waals surface area contributed by atoms with Crippen LogP contribution < -0.4 is 5.32 Å². The van der Waals surface area contributed by atoms with Crippen molar-refractivity contribution in [2.45, 2.75) is 39.7 Å². The van der Waals surface area contributed by atoms with Gasteiger partial charge in [-0.2, -0.15) is 0 Å². The van der Waals surface area contributed by atoms with E-state index in [0.29, 0.717) is 12.0 Å². The molecule has 1 aromatic heterocycles. The molecule has 0 spiro atoms. The van der Waals surface area contributed by atoms with Crippen molar-refractivity contribution in [3.05, 3.63) is 11.1 Å². The lowest BCUT2D eigenvalue weighted by Gasteiger charge is -2.21. The second-order valence-corrected chi connectivity index (χ2v) is 4.26. The van der Waals surface area contributed by atoms with Crippen molar-refractivity contribution >= 4 is 11.5 Å². The number of hydrogen-bond donors (Lipinski definition) is 1. The predicted molar refractivity (Wildman–Crippen MR) is 60.4 cm³/mol. The topological polar surface area (TPSA) is 37.8 Å². The summed E-state index contributed by atoms with van der Waals surface area (Å²) >= 11 is 1.43. The van der Waals surface area contributed by atoms with Crippen molar-refractivity contribution < 1.29 is 0 Å². The first kappa shape index (κ1) is 11.6. The van der Waals surface area contributed by atoms with E-state index in [2.05, 4.69) is 35.7 Å². The number of hydrogen-bond acceptors (Lipinski definition) is 4. The van der Waals surface area contributed by atoms with Crippen LogP contribution in [0.15, 0.2) is 5.38 Å². The van der Waals surface area contributed by atoms with E-state index in [9.17, 15) is 0 Å². The molecular formula is C10H19N3S. The zero-order valence-electron chi connectivity index (χ0n) is 9.16. The highest BCUT2D eigenvalue weighted by molar-refractivity contribution is 7.03. The van der Waals surface area contributed by atoms with Crippen LogP contribution >= 0.6 is 11.5 Å². The Hall–Kier alpha value is -0.480. The molecule has 1 rings (SSSR count). The van der Waals surface area contributed by atoms with Gasteiger partial charge in [-0.25, -0.2) is 0 Å². The summed E-state index contributed by atoms with van der Waals surface area (Å²) in [4.78, 5) is 0. The van der Waals surface area contributed by atoms with Gasteiger partial charge in [0.05, 0.1) is 11.7 Å². The zero-order valence-corrected chi connectivity index (χ0v) is 9.97. The van der Waals surface area contributed by atoms with Gasteiger partial charge >= 0.3 is 0 Å². The Morgan fingerprint density at radius 1 is 1.50 bits per heavy atom. The Labute approximate surface area is 90.1 Å².